The molecule has 0 N–H and O–H groups in total. The number of furan rings is 1. The van der Waals surface area contributed by atoms with E-state index in [2.05, 4.69) is 4.74 Å². The van der Waals surface area contributed by atoms with Gasteiger partial charge in [-0.2, -0.15) is 13.2 Å². The minimum Gasteiger partial charge on any atom is -0.493 e. The zero-order valence-corrected chi connectivity index (χ0v) is 13.3. The molecule has 1 saturated heterocycles. The van der Waals surface area contributed by atoms with Gasteiger partial charge in [0.1, 0.15) is 0 Å². The second-order valence-electron chi connectivity index (χ2n) is 5.29. The Bertz CT molecular complexity index is 774. The molecule has 0 aliphatic carbocycles. The van der Waals surface area contributed by atoms with E-state index in [1.165, 1.54) is 19.2 Å². The predicted octanol–water partition coefficient (Wildman–Crippen LogP) is 3.50. The number of rotatable bonds is 2. The van der Waals surface area contributed by atoms with Gasteiger partial charge in [-0.05, 0) is 12.1 Å². The topological polar surface area (TPSA) is 51.9 Å². The van der Waals surface area contributed by atoms with Crippen LogP contribution in [-0.4, -0.2) is 49.9 Å². The van der Waals surface area contributed by atoms with E-state index in [0.717, 1.165) is 4.90 Å². The average molecular weight is 364 g/mol. The lowest BCUT2D eigenvalue weighted by Crippen LogP contribution is -2.51. The molecule has 0 unspecified atom stereocenters. The molecule has 0 radical (unpaired) electrons. The van der Waals surface area contributed by atoms with Crippen molar-refractivity contribution in [3.63, 3.8) is 0 Å². The summed E-state index contributed by atoms with van der Waals surface area (Å²) >= 11 is 5.95. The van der Waals surface area contributed by atoms with Gasteiger partial charge in [-0.15, -0.1) is 0 Å². The number of hydrogen-bond donors (Lipinski definition) is 0. The predicted molar refractivity (Wildman–Crippen MR) is 79.5 cm³/mol. The molecule has 9 heteroatoms. The Hall–Kier alpha value is -1.93. The molecule has 2 heterocycles. The van der Waals surface area contributed by atoms with Crippen molar-refractivity contribution in [1.29, 1.82) is 0 Å². The van der Waals surface area contributed by atoms with Gasteiger partial charge in [-0.25, -0.2) is 0 Å². The maximum atomic E-state index is 12.8. The first kappa shape index (κ1) is 16.9. The molecule has 1 aromatic heterocycles. The van der Waals surface area contributed by atoms with Crippen molar-refractivity contribution in [2.24, 2.45) is 0 Å². The summed E-state index contributed by atoms with van der Waals surface area (Å²) in [4.78, 5) is 13.5. The summed E-state index contributed by atoms with van der Waals surface area (Å²) in [6, 6.07) is 4.54. The maximum absolute atomic E-state index is 12.8. The van der Waals surface area contributed by atoms with Crippen LogP contribution in [0.15, 0.2) is 22.6 Å². The van der Waals surface area contributed by atoms with E-state index < -0.39 is 24.7 Å². The summed E-state index contributed by atoms with van der Waals surface area (Å²) < 4.78 is 53.6. The van der Waals surface area contributed by atoms with Gasteiger partial charge in [0.2, 0.25) is 0 Å². The van der Waals surface area contributed by atoms with Crippen LogP contribution in [0.3, 0.4) is 0 Å². The van der Waals surface area contributed by atoms with Crippen LogP contribution in [0.2, 0.25) is 5.02 Å². The second kappa shape index (κ2) is 6.18. The molecule has 5 nitrogen and oxygen atoms in total. The number of alkyl halides is 3. The third-order valence-corrected chi connectivity index (χ3v) is 3.91. The van der Waals surface area contributed by atoms with Gasteiger partial charge in [-0.1, -0.05) is 11.6 Å². The van der Waals surface area contributed by atoms with E-state index >= 15 is 0 Å². The van der Waals surface area contributed by atoms with Gasteiger partial charge in [0, 0.05) is 23.0 Å². The van der Waals surface area contributed by atoms with Crippen molar-refractivity contribution in [3.8, 4) is 5.75 Å². The highest BCUT2D eigenvalue weighted by Crippen LogP contribution is 2.33. The number of ether oxygens (including phenoxy) is 2. The van der Waals surface area contributed by atoms with Gasteiger partial charge in [0.05, 0.1) is 20.3 Å². The lowest BCUT2D eigenvalue weighted by molar-refractivity contribution is -0.233. The number of nitrogens with zero attached hydrogens (tertiary/aromatic N) is 1. The highest BCUT2D eigenvalue weighted by atomic mass is 35.5. The first-order valence-electron chi connectivity index (χ1n) is 7.04. The Morgan fingerprint density at radius 3 is 2.79 bits per heavy atom. The van der Waals surface area contributed by atoms with Gasteiger partial charge in [0.15, 0.2) is 23.2 Å². The molecule has 0 saturated carbocycles. The van der Waals surface area contributed by atoms with Crippen LogP contribution in [0.1, 0.15) is 10.6 Å². The molecule has 130 valence electrons. The first-order valence-corrected chi connectivity index (χ1v) is 7.42. The number of hydrogen-bond acceptors (Lipinski definition) is 4. The van der Waals surface area contributed by atoms with Crippen molar-refractivity contribution < 1.29 is 31.9 Å². The fourth-order valence-electron chi connectivity index (χ4n) is 2.53. The third-order valence-electron chi connectivity index (χ3n) is 3.70. The van der Waals surface area contributed by atoms with Gasteiger partial charge >= 0.3 is 6.18 Å². The number of benzene rings is 1. The van der Waals surface area contributed by atoms with Crippen LogP contribution in [0.5, 0.6) is 5.75 Å². The summed E-state index contributed by atoms with van der Waals surface area (Å²) in [5, 5.41) is 0.922. The van der Waals surface area contributed by atoms with E-state index in [9.17, 15) is 18.0 Å². The number of carbonyl (C=O) groups excluding carboxylic acids is 1. The fraction of sp³-hybridized carbons (Fsp3) is 0.400. The average Bonchev–Trinajstić information content (AvgIpc) is 2.96. The normalized spacial score (nSPS) is 18.9. The van der Waals surface area contributed by atoms with E-state index in [-0.39, 0.29) is 18.9 Å². The van der Waals surface area contributed by atoms with Crippen LogP contribution in [0, 0.1) is 0 Å². The number of carbonyl (C=O) groups is 1. The van der Waals surface area contributed by atoms with Crippen LogP contribution >= 0.6 is 11.6 Å². The summed E-state index contributed by atoms with van der Waals surface area (Å²) in [5.74, 6) is -0.373. The van der Waals surface area contributed by atoms with Crippen LogP contribution in [0.25, 0.3) is 11.0 Å². The number of halogens is 4. The highest BCUT2D eigenvalue weighted by Gasteiger charge is 2.44. The molecule has 3 rings (SSSR count). The largest absolute Gasteiger partial charge is 0.493 e. The van der Waals surface area contributed by atoms with Gasteiger partial charge in [0.25, 0.3) is 5.91 Å². The van der Waals surface area contributed by atoms with Crippen LogP contribution < -0.4 is 4.74 Å². The molecular formula is C15H13ClF3NO4. The Kier molecular flexibility index (Phi) is 4.35. The standard InChI is InChI=1S/C15H13ClF3NO4/c1-22-10-6-9(16)4-8-5-11(24-13(8)10)14(21)20-2-3-23-12(7-20)15(17,18)19/h4-6,12H,2-3,7H2,1H3/t12-/m0/s1. The Labute approximate surface area is 139 Å². The number of morpholine rings is 1. The molecule has 1 aromatic carbocycles. The maximum Gasteiger partial charge on any atom is 0.416 e. The molecular weight excluding hydrogens is 351 g/mol. The van der Waals surface area contributed by atoms with E-state index in [1.54, 1.807) is 6.07 Å². The third kappa shape index (κ3) is 3.16. The Balaban J connectivity index is 1.88. The van der Waals surface area contributed by atoms with Crippen molar-refractivity contribution >= 4 is 28.5 Å². The number of methoxy groups -OCH3 is 1. The molecule has 24 heavy (non-hydrogen) atoms. The van der Waals surface area contributed by atoms with Gasteiger partial charge < -0.3 is 18.8 Å². The van der Waals surface area contributed by atoms with Crippen molar-refractivity contribution in [2.75, 3.05) is 26.8 Å². The first-order chi connectivity index (χ1) is 11.3. The summed E-state index contributed by atoms with van der Waals surface area (Å²) in [6.07, 6.45) is -6.52. The van der Waals surface area contributed by atoms with Gasteiger partial charge in [-0.3, -0.25) is 4.79 Å². The lowest BCUT2D eigenvalue weighted by Gasteiger charge is -2.33. The number of amides is 1. The van der Waals surface area contributed by atoms with Crippen LogP contribution in [-0.2, 0) is 4.74 Å². The summed E-state index contributed by atoms with van der Waals surface area (Å²) in [5.41, 5.74) is 0.311. The highest BCUT2D eigenvalue weighted by molar-refractivity contribution is 6.31. The molecule has 0 spiro atoms. The monoisotopic (exact) mass is 363 g/mol. The summed E-state index contributed by atoms with van der Waals surface area (Å²) in [7, 11) is 1.42. The molecule has 0 bridgehead atoms. The zero-order chi connectivity index (χ0) is 17.5. The Morgan fingerprint density at radius 2 is 2.12 bits per heavy atom. The molecule has 1 atom stereocenters. The fourth-order valence-corrected chi connectivity index (χ4v) is 2.75. The van der Waals surface area contributed by atoms with E-state index in [0.29, 0.717) is 21.7 Å². The van der Waals surface area contributed by atoms with Crippen molar-refractivity contribution in [3.05, 3.63) is 29.0 Å². The van der Waals surface area contributed by atoms with E-state index in [4.69, 9.17) is 20.8 Å². The molecule has 1 fully saturated rings. The summed E-state index contributed by atoms with van der Waals surface area (Å²) in [6.45, 7) is -0.705. The molecule has 1 aliphatic heterocycles. The van der Waals surface area contributed by atoms with Crippen LogP contribution in [0.4, 0.5) is 13.2 Å². The zero-order valence-electron chi connectivity index (χ0n) is 12.5. The Morgan fingerprint density at radius 1 is 1.38 bits per heavy atom. The molecule has 1 aliphatic rings. The quantitative estimate of drug-likeness (QED) is 0.819. The van der Waals surface area contributed by atoms with Crippen molar-refractivity contribution in [2.45, 2.75) is 12.3 Å². The lowest BCUT2D eigenvalue weighted by atomic mass is 10.2. The smallest absolute Gasteiger partial charge is 0.416 e. The van der Waals surface area contributed by atoms with Crippen molar-refractivity contribution in [1.82, 2.24) is 4.90 Å². The second-order valence-corrected chi connectivity index (χ2v) is 5.73. The van der Waals surface area contributed by atoms with E-state index in [1.807, 2.05) is 0 Å². The SMILES string of the molecule is COc1cc(Cl)cc2cc(C(=O)N3CCO[C@H](C(F)(F)F)C3)oc12. The minimum absolute atomic E-state index is 0.0559. The minimum atomic E-state index is -4.52. The number of fused-ring (bicyclic) bond motifs is 1. The molecule has 1 amide bonds. The molecule has 2 aromatic rings.